The molecule has 1 heterocycles. The Morgan fingerprint density at radius 2 is 2.00 bits per heavy atom. The lowest BCUT2D eigenvalue weighted by atomic mass is 9.76. The molecule has 116 valence electrons. The van der Waals surface area contributed by atoms with Crippen molar-refractivity contribution < 1.29 is 9.22 Å². The number of anilines is 1. The van der Waals surface area contributed by atoms with Gasteiger partial charge in [-0.1, -0.05) is 31.0 Å². The Morgan fingerprint density at radius 1 is 1.14 bits per heavy atom. The summed E-state index contributed by atoms with van der Waals surface area (Å²) in [6.45, 7) is 0. The minimum atomic E-state index is 0.441. The molecule has 3 atom stereocenters. The van der Waals surface area contributed by atoms with Crippen LogP contribution in [-0.4, -0.2) is 13.2 Å². The predicted molar refractivity (Wildman–Crippen MR) is 86.6 cm³/mol. The second-order valence-electron chi connectivity index (χ2n) is 5.95. The molecule has 2 N–H and O–H groups in total. The lowest BCUT2D eigenvalue weighted by Gasteiger charge is -2.41. The monoisotopic (exact) mass is 308 g/mol. The molecule has 1 aliphatic heterocycles. The molecule has 1 aromatic rings. The average molecular weight is 308 g/mol. The molecule has 2 fully saturated rings. The Bertz CT molecular complexity index is 458. The van der Waals surface area contributed by atoms with Gasteiger partial charge in [0.15, 0.2) is 0 Å². The van der Waals surface area contributed by atoms with Gasteiger partial charge in [-0.2, -0.15) is 0 Å². The van der Waals surface area contributed by atoms with E-state index in [4.69, 9.17) is 4.33 Å². The molecule has 1 saturated heterocycles. The summed E-state index contributed by atoms with van der Waals surface area (Å²) in [4.78, 5) is 4.60. The van der Waals surface area contributed by atoms with Crippen LogP contribution >= 0.6 is 12.2 Å². The van der Waals surface area contributed by atoms with Gasteiger partial charge in [0.05, 0.1) is 12.8 Å². The third-order valence-electron chi connectivity index (χ3n) is 4.74. The van der Waals surface area contributed by atoms with Gasteiger partial charge in [-0.15, -0.1) is 4.33 Å². The third kappa shape index (κ3) is 3.72. The van der Waals surface area contributed by atoms with Crippen molar-refractivity contribution in [1.82, 2.24) is 5.32 Å². The van der Waals surface area contributed by atoms with E-state index in [0.29, 0.717) is 12.1 Å². The van der Waals surface area contributed by atoms with E-state index < -0.39 is 0 Å². The number of para-hydroxylation sites is 1. The Hall–Kier alpha value is -0.750. The number of benzene rings is 1. The van der Waals surface area contributed by atoms with Gasteiger partial charge in [-0.25, -0.2) is 4.89 Å². The highest BCUT2D eigenvalue weighted by atomic mass is 32.2. The molecule has 0 aromatic heterocycles. The molecule has 5 heteroatoms. The first-order valence-corrected chi connectivity index (χ1v) is 8.60. The standard InChI is InChI=1S/C16H24N2O2S/c1-19-20-21-18-16-9-5-3-7-13(16)15-11-10-12-6-2-4-8-14(12)17-15/h3,5,7,9,12,14-15,17-18H,2,4,6,8,10-11H2,1H3. The minimum Gasteiger partial charge on any atom is -0.307 e. The van der Waals surface area contributed by atoms with Crippen LogP contribution in [0.15, 0.2) is 24.3 Å². The smallest absolute Gasteiger partial charge is 0.148 e. The summed E-state index contributed by atoms with van der Waals surface area (Å²) in [7, 11) is 1.51. The second-order valence-corrected chi connectivity index (χ2v) is 6.46. The Morgan fingerprint density at radius 3 is 2.90 bits per heavy atom. The molecule has 0 radical (unpaired) electrons. The lowest BCUT2D eigenvalue weighted by Crippen LogP contribution is -2.44. The molecular formula is C16H24N2O2S. The van der Waals surface area contributed by atoms with Gasteiger partial charge in [0.1, 0.15) is 12.2 Å². The quantitative estimate of drug-likeness (QED) is 0.280. The molecular weight excluding hydrogens is 284 g/mol. The van der Waals surface area contributed by atoms with E-state index in [1.807, 2.05) is 6.07 Å². The van der Waals surface area contributed by atoms with Gasteiger partial charge in [0.25, 0.3) is 0 Å². The summed E-state index contributed by atoms with van der Waals surface area (Å²) in [6, 6.07) is 9.60. The maximum Gasteiger partial charge on any atom is 0.148 e. The Labute approximate surface area is 131 Å². The zero-order chi connectivity index (χ0) is 14.5. The third-order valence-corrected chi connectivity index (χ3v) is 5.25. The van der Waals surface area contributed by atoms with Crippen LogP contribution in [0, 0.1) is 5.92 Å². The second kappa shape index (κ2) is 7.49. The molecule has 3 rings (SSSR count). The van der Waals surface area contributed by atoms with Crippen LogP contribution in [0.3, 0.4) is 0 Å². The molecule has 2 aliphatic rings. The fourth-order valence-electron chi connectivity index (χ4n) is 3.73. The van der Waals surface area contributed by atoms with Gasteiger partial charge in [0.2, 0.25) is 0 Å². The molecule has 1 aromatic carbocycles. The number of nitrogens with one attached hydrogen (secondary N) is 2. The Kier molecular flexibility index (Phi) is 5.41. The van der Waals surface area contributed by atoms with E-state index in [9.17, 15) is 0 Å². The van der Waals surface area contributed by atoms with Crippen LogP contribution in [0.2, 0.25) is 0 Å². The zero-order valence-corrected chi connectivity index (χ0v) is 13.3. The van der Waals surface area contributed by atoms with E-state index in [1.54, 1.807) is 0 Å². The van der Waals surface area contributed by atoms with Crippen molar-refractivity contribution in [1.29, 1.82) is 0 Å². The average Bonchev–Trinajstić information content (AvgIpc) is 2.55. The highest BCUT2D eigenvalue weighted by Crippen LogP contribution is 2.38. The number of piperidine rings is 1. The molecule has 0 spiro atoms. The van der Waals surface area contributed by atoms with Crippen molar-refractivity contribution in [3.05, 3.63) is 29.8 Å². The van der Waals surface area contributed by atoms with Crippen molar-refractivity contribution in [2.75, 3.05) is 11.8 Å². The SMILES string of the molecule is COOSNc1ccccc1C1CCC2CCCCC2N1. The maximum absolute atomic E-state index is 4.85. The fourth-order valence-corrected chi connectivity index (χ4v) is 4.11. The first kappa shape index (κ1) is 15.2. The molecule has 4 nitrogen and oxygen atoms in total. The topological polar surface area (TPSA) is 42.5 Å². The zero-order valence-electron chi connectivity index (χ0n) is 12.5. The van der Waals surface area contributed by atoms with Crippen molar-refractivity contribution in [3.63, 3.8) is 0 Å². The van der Waals surface area contributed by atoms with Crippen LogP contribution in [0.5, 0.6) is 0 Å². The van der Waals surface area contributed by atoms with Crippen LogP contribution < -0.4 is 10.0 Å². The summed E-state index contributed by atoms with van der Waals surface area (Å²) < 4.78 is 8.06. The predicted octanol–water partition coefficient (Wildman–Crippen LogP) is 4.22. The van der Waals surface area contributed by atoms with Crippen molar-refractivity contribution in [3.8, 4) is 0 Å². The first-order valence-electron chi connectivity index (χ1n) is 7.86. The maximum atomic E-state index is 4.85. The Balaban J connectivity index is 1.68. The normalized spacial score (nSPS) is 28.9. The van der Waals surface area contributed by atoms with Gasteiger partial charge in [-0.05, 0) is 43.2 Å². The van der Waals surface area contributed by atoms with E-state index in [2.05, 4.69) is 33.1 Å². The molecule has 1 aliphatic carbocycles. The molecule has 0 amide bonds. The van der Waals surface area contributed by atoms with E-state index >= 15 is 0 Å². The summed E-state index contributed by atoms with van der Waals surface area (Å²) >= 11 is 1.11. The number of fused-ring (bicyclic) bond motifs is 1. The van der Waals surface area contributed by atoms with Crippen molar-refractivity contribution >= 4 is 17.9 Å². The number of hydrogen-bond donors (Lipinski definition) is 2. The molecule has 3 unspecified atom stereocenters. The largest absolute Gasteiger partial charge is 0.307 e. The minimum absolute atomic E-state index is 0.441. The highest BCUT2D eigenvalue weighted by molar-refractivity contribution is 7.95. The van der Waals surface area contributed by atoms with Crippen LogP contribution in [-0.2, 0) is 9.22 Å². The summed E-state index contributed by atoms with van der Waals surface area (Å²) in [6.07, 6.45) is 8.09. The van der Waals surface area contributed by atoms with Crippen molar-refractivity contribution in [2.24, 2.45) is 5.92 Å². The lowest BCUT2D eigenvalue weighted by molar-refractivity contribution is -0.159. The van der Waals surface area contributed by atoms with E-state index in [0.717, 1.165) is 23.8 Å². The highest BCUT2D eigenvalue weighted by Gasteiger charge is 2.32. The molecule has 0 bridgehead atoms. The number of rotatable bonds is 5. The van der Waals surface area contributed by atoms with E-state index in [-0.39, 0.29) is 0 Å². The summed E-state index contributed by atoms with van der Waals surface area (Å²) in [5, 5.41) is 3.88. The van der Waals surface area contributed by atoms with Crippen LogP contribution in [0.4, 0.5) is 5.69 Å². The summed E-state index contributed by atoms with van der Waals surface area (Å²) in [5.41, 5.74) is 2.43. The van der Waals surface area contributed by atoms with Crippen LogP contribution in [0.25, 0.3) is 0 Å². The molecule has 21 heavy (non-hydrogen) atoms. The fraction of sp³-hybridized carbons (Fsp3) is 0.625. The van der Waals surface area contributed by atoms with Gasteiger partial charge >= 0.3 is 0 Å². The van der Waals surface area contributed by atoms with Gasteiger partial charge in [0, 0.05) is 12.1 Å². The summed E-state index contributed by atoms with van der Waals surface area (Å²) in [5.74, 6) is 0.890. The van der Waals surface area contributed by atoms with Crippen LogP contribution in [0.1, 0.15) is 50.1 Å². The van der Waals surface area contributed by atoms with E-state index in [1.165, 1.54) is 51.2 Å². The number of hydrogen-bond acceptors (Lipinski definition) is 5. The van der Waals surface area contributed by atoms with Gasteiger partial charge < -0.3 is 10.0 Å². The first-order chi connectivity index (χ1) is 10.4. The molecule has 1 saturated carbocycles. The van der Waals surface area contributed by atoms with Crippen molar-refractivity contribution in [2.45, 2.75) is 50.6 Å². The van der Waals surface area contributed by atoms with Gasteiger partial charge in [-0.3, -0.25) is 0 Å².